The highest BCUT2D eigenvalue weighted by Gasteiger charge is 2.18. The van der Waals surface area contributed by atoms with E-state index in [1.54, 1.807) is 16.7 Å². The van der Waals surface area contributed by atoms with Gasteiger partial charge in [-0.3, -0.25) is 9.52 Å². The Morgan fingerprint density at radius 2 is 1.78 bits per heavy atom. The second-order valence-electron chi connectivity index (χ2n) is 7.91. The Hall–Kier alpha value is -4.27. The van der Waals surface area contributed by atoms with Gasteiger partial charge in [0.1, 0.15) is 19.0 Å². The Morgan fingerprint density at radius 3 is 2.43 bits per heavy atom. The molecule has 9 nitrogen and oxygen atoms in total. The maximum Gasteiger partial charge on any atom is 0.279 e. The van der Waals surface area contributed by atoms with E-state index in [0.29, 0.717) is 46.5 Å². The van der Waals surface area contributed by atoms with Crippen molar-refractivity contribution in [3.05, 3.63) is 71.0 Å². The largest absolute Gasteiger partial charge is 0.497 e. The number of nitrogens with one attached hydrogen (secondary N) is 1. The van der Waals surface area contributed by atoms with Gasteiger partial charge in [-0.25, -0.2) is 8.42 Å². The van der Waals surface area contributed by atoms with Crippen LogP contribution in [0.1, 0.15) is 10.4 Å². The van der Waals surface area contributed by atoms with Gasteiger partial charge < -0.3 is 18.8 Å². The zero-order chi connectivity index (χ0) is 26.0. The number of rotatable bonds is 6. The molecule has 2 heterocycles. The van der Waals surface area contributed by atoms with E-state index in [-0.39, 0.29) is 11.4 Å². The van der Waals surface area contributed by atoms with Gasteiger partial charge in [-0.05, 0) is 48.5 Å². The standard InChI is InChI=1S/C26H21N3O6S2/c1-3-12-29-21-15-22-23(35-14-13-34-22)16-24(21)36-26(29)27-25(30)17-4-6-18(7-5-17)28-37(31,32)20-10-8-19(33-2)9-11-20/h1,4-11,15-16,28H,12-14H2,2H3. The fourth-order valence-corrected chi connectivity index (χ4v) is 5.83. The first kappa shape index (κ1) is 24.4. The molecule has 1 amide bonds. The number of thiazole rings is 1. The van der Waals surface area contributed by atoms with Crippen molar-refractivity contribution in [1.82, 2.24) is 4.57 Å². The Balaban J connectivity index is 1.41. The number of aromatic nitrogens is 1. The molecule has 0 saturated heterocycles. The van der Waals surface area contributed by atoms with Crippen LogP contribution in [0.5, 0.6) is 17.2 Å². The van der Waals surface area contributed by atoms with Crippen LogP contribution in [0.25, 0.3) is 10.2 Å². The summed E-state index contributed by atoms with van der Waals surface area (Å²) in [7, 11) is -2.31. The first-order valence-corrected chi connectivity index (χ1v) is 13.4. The number of fused-ring (bicyclic) bond motifs is 2. The van der Waals surface area contributed by atoms with E-state index in [1.165, 1.54) is 54.8 Å². The lowest BCUT2D eigenvalue weighted by Crippen LogP contribution is -2.17. The van der Waals surface area contributed by atoms with Crippen LogP contribution in [0.2, 0.25) is 0 Å². The molecule has 0 unspecified atom stereocenters. The van der Waals surface area contributed by atoms with Crippen LogP contribution in [-0.4, -0.2) is 39.2 Å². The van der Waals surface area contributed by atoms with Gasteiger partial charge in [0.05, 0.1) is 28.8 Å². The Labute approximate surface area is 217 Å². The molecule has 0 aliphatic carbocycles. The van der Waals surface area contributed by atoms with Crippen LogP contribution >= 0.6 is 11.3 Å². The third kappa shape index (κ3) is 5.02. The third-order valence-electron chi connectivity index (χ3n) is 5.55. The summed E-state index contributed by atoms with van der Waals surface area (Å²) in [6, 6.07) is 15.8. The molecule has 0 spiro atoms. The summed E-state index contributed by atoms with van der Waals surface area (Å²) in [5.41, 5.74) is 1.40. The van der Waals surface area contributed by atoms with Gasteiger partial charge in [0, 0.05) is 23.4 Å². The molecule has 1 aromatic heterocycles. The molecule has 1 aliphatic heterocycles. The van der Waals surface area contributed by atoms with Gasteiger partial charge in [-0.15, -0.1) is 6.42 Å². The number of carbonyl (C=O) groups is 1. The molecule has 3 aromatic carbocycles. The predicted molar refractivity (Wildman–Crippen MR) is 140 cm³/mol. The van der Waals surface area contributed by atoms with Crippen molar-refractivity contribution in [2.24, 2.45) is 4.99 Å². The molecule has 0 saturated carbocycles. The van der Waals surface area contributed by atoms with Gasteiger partial charge in [0.2, 0.25) is 0 Å². The SMILES string of the molecule is C#CCn1c(=NC(=O)c2ccc(NS(=O)(=O)c3ccc(OC)cc3)cc2)sc2cc3c(cc21)OCCO3. The fourth-order valence-electron chi connectivity index (χ4n) is 3.74. The van der Waals surface area contributed by atoms with Gasteiger partial charge in [-0.1, -0.05) is 17.3 Å². The topological polar surface area (TPSA) is 108 Å². The average Bonchev–Trinajstić information content (AvgIpc) is 3.23. The van der Waals surface area contributed by atoms with E-state index < -0.39 is 15.9 Å². The molecular weight excluding hydrogens is 514 g/mol. The van der Waals surface area contributed by atoms with Gasteiger partial charge in [0.25, 0.3) is 15.9 Å². The van der Waals surface area contributed by atoms with Crippen LogP contribution in [0.4, 0.5) is 5.69 Å². The van der Waals surface area contributed by atoms with Crippen molar-refractivity contribution < 1.29 is 27.4 Å². The lowest BCUT2D eigenvalue weighted by Gasteiger charge is -2.18. The quantitative estimate of drug-likeness (QED) is 0.378. The number of nitrogens with zero attached hydrogens (tertiary/aromatic N) is 2. The molecule has 188 valence electrons. The second kappa shape index (κ2) is 10.0. The highest BCUT2D eigenvalue weighted by Crippen LogP contribution is 2.35. The van der Waals surface area contributed by atoms with Crippen LogP contribution in [0.3, 0.4) is 0 Å². The summed E-state index contributed by atoms with van der Waals surface area (Å²) in [4.78, 5) is 17.8. The van der Waals surface area contributed by atoms with Crippen molar-refractivity contribution in [3.8, 4) is 29.6 Å². The average molecular weight is 536 g/mol. The number of ether oxygens (including phenoxy) is 3. The van der Waals surface area contributed by atoms with Crippen LogP contribution < -0.4 is 23.7 Å². The van der Waals surface area contributed by atoms with E-state index in [9.17, 15) is 13.2 Å². The molecule has 4 aromatic rings. The fraction of sp³-hybridized carbons (Fsp3) is 0.154. The maximum atomic E-state index is 13.0. The molecule has 1 aliphatic rings. The minimum absolute atomic E-state index is 0.0868. The number of carbonyl (C=O) groups excluding carboxylic acids is 1. The van der Waals surface area contributed by atoms with Crippen LogP contribution in [-0.2, 0) is 16.6 Å². The maximum absolute atomic E-state index is 13.0. The molecule has 5 rings (SSSR count). The molecule has 0 atom stereocenters. The Bertz CT molecular complexity index is 1700. The lowest BCUT2D eigenvalue weighted by atomic mass is 10.2. The van der Waals surface area contributed by atoms with Crippen LogP contribution in [0.15, 0.2) is 70.6 Å². The van der Waals surface area contributed by atoms with E-state index >= 15 is 0 Å². The van der Waals surface area contributed by atoms with Crippen molar-refractivity contribution in [2.45, 2.75) is 11.4 Å². The van der Waals surface area contributed by atoms with E-state index in [4.69, 9.17) is 20.6 Å². The number of benzene rings is 3. The molecule has 1 N–H and O–H groups in total. The number of hydrogen-bond acceptors (Lipinski definition) is 7. The molecule has 37 heavy (non-hydrogen) atoms. The van der Waals surface area contributed by atoms with Crippen molar-refractivity contribution >= 4 is 43.2 Å². The van der Waals surface area contributed by atoms with E-state index in [2.05, 4.69) is 15.6 Å². The van der Waals surface area contributed by atoms with Gasteiger partial charge in [0.15, 0.2) is 16.3 Å². The zero-order valence-corrected chi connectivity index (χ0v) is 21.3. The summed E-state index contributed by atoms with van der Waals surface area (Å²) in [5.74, 6) is 3.92. The number of anilines is 1. The lowest BCUT2D eigenvalue weighted by molar-refractivity contribution is 0.0998. The van der Waals surface area contributed by atoms with Crippen molar-refractivity contribution in [3.63, 3.8) is 0 Å². The van der Waals surface area contributed by atoms with E-state index in [1.807, 2.05) is 12.1 Å². The first-order chi connectivity index (χ1) is 17.9. The summed E-state index contributed by atoms with van der Waals surface area (Å²) in [6.45, 7) is 1.15. The Morgan fingerprint density at radius 1 is 1.11 bits per heavy atom. The van der Waals surface area contributed by atoms with Crippen molar-refractivity contribution in [2.75, 3.05) is 25.0 Å². The monoisotopic (exact) mass is 535 g/mol. The molecule has 0 radical (unpaired) electrons. The number of amides is 1. The third-order valence-corrected chi connectivity index (χ3v) is 7.99. The smallest absolute Gasteiger partial charge is 0.279 e. The summed E-state index contributed by atoms with van der Waals surface area (Å²) < 4.78 is 46.9. The number of terminal acetylenes is 1. The normalized spacial score (nSPS) is 13.2. The van der Waals surface area contributed by atoms with Crippen molar-refractivity contribution in [1.29, 1.82) is 0 Å². The summed E-state index contributed by atoms with van der Waals surface area (Å²) in [5, 5.41) is 0. The highest BCUT2D eigenvalue weighted by molar-refractivity contribution is 7.92. The summed E-state index contributed by atoms with van der Waals surface area (Å²) >= 11 is 1.31. The number of hydrogen-bond donors (Lipinski definition) is 1. The van der Waals surface area contributed by atoms with Crippen LogP contribution in [0, 0.1) is 12.3 Å². The minimum atomic E-state index is -3.81. The Kier molecular flexibility index (Phi) is 6.60. The number of methoxy groups -OCH3 is 1. The minimum Gasteiger partial charge on any atom is -0.497 e. The first-order valence-electron chi connectivity index (χ1n) is 11.1. The number of sulfonamides is 1. The van der Waals surface area contributed by atoms with Gasteiger partial charge >= 0.3 is 0 Å². The second-order valence-corrected chi connectivity index (χ2v) is 10.6. The summed E-state index contributed by atoms with van der Waals surface area (Å²) in [6.07, 6.45) is 5.57. The molecular formula is C26H21N3O6S2. The molecule has 0 bridgehead atoms. The zero-order valence-electron chi connectivity index (χ0n) is 19.6. The van der Waals surface area contributed by atoms with Gasteiger partial charge in [-0.2, -0.15) is 4.99 Å². The molecule has 0 fully saturated rings. The highest BCUT2D eigenvalue weighted by atomic mass is 32.2. The predicted octanol–water partition coefficient (Wildman–Crippen LogP) is 3.66. The molecule has 11 heteroatoms. The van der Waals surface area contributed by atoms with E-state index in [0.717, 1.165) is 10.2 Å².